The van der Waals surface area contributed by atoms with Crippen molar-refractivity contribution in [1.82, 2.24) is 10.2 Å². The number of nitrogens with zero attached hydrogens (tertiary/aromatic N) is 1. The van der Waals surface area contributed by atoms with E-state index in [0.717, 1.165) is 5.56 Å². The van der Waals surface area contributed by atoms with Gasteiger partial charge in [0, 0.05) is 35.8 Å². The molecule has 1 amide bonds. The molecule has 10 nitrogen and oxygen atoms in total. The zero-order valence-electron chi connectivity index (χ0n) is 22.2. The van der Waals surface area contributed by atoms with Crippen LogP contribution in [0.4, 0.5) is 0 Å². The van der Waals surface area contributed by atoms with Gasteiger partial charge in [0.2, 0.25) is 0 Å². The maximum atomic E-state index is 13.3. The molecule has 0 aliphatic carbocycles. The normalized spacial score (nSPS) is 13.3. The fourth-order valence-electron chi connectivity index (χ4n) is 4.19. The maximum absolute atomic E-state index is 13.3. The van der Waals surface area contributed by atoms with Crippen LogP contribution in [0.25, 0.3) is 0 Å². The molecule has 2 aromatic carbocycles. The van der Waals surface area contributed by atoms with Crippen LogP contribution in [0.15, 0.2) is 30.3 Å². The Hall–Kier alpha value is -3.63. The number of fused-ring (bicyclic) bond motifs is 1. The molecule has 0 radical (unpaired) electrons. The molecule has 0 fully saturated rings. The van der Waals surface area contributed by atoms with Crippen LogP contribution in [-0.2, 0) is 16.9 Å². The first-order chi connectivity index (χ1) is 17.4. The Morgan fingerprint density at radius 1 is 1.18 bits per heavy atom. The monoisotopic (exact) mass is 546 g/mol. The van der Waals surface area contributed by atoms with Crippen molar-refractivity contribution in [3.63, 3.8) is 0 Å². The molecule has 5 N–H and O–H groups in total. The van der Waals surface area contributed by atoms with Crippen molar-refractivity contribution in [2.75, 3.05) is 20.2 Å². The summed E-state index contributed by atoms with van der Waals surface area (Å²) in [4.78, 5) is 38.7. The van der Waals surface area contributed by atoms with Crippen LogP contribution >= 0.6 is 12.4 Å². The van der Waals surface area contributed by atoms with Gasteiger partial charge < -0.3 is 30.5 Å². The Labute approximate surface area is 228 Å². The highest BCUT2D eigenvalue weighted by atomic mass is 35.5. The standard InChI is InChI=1S/C27H34N4O6.ClH/c1-6-21(26(34)35)37-22-9-8-15(10-19(22)27(3,4)29)20(32)14-31-13-16-11-23(36-7-2)18(25(33)30-5)12-17(16)24(31)28;/h8-12,21,28H,6-7,13-14,29H2,1-5H3,(H,30,33)(H,34,35);1H. The van der Waals surface area contributed by atoms with E-state index in [1.165, 1.54) is 7.05 Å². The minimum absolute atomic E-state index is 0. The van der Waals surface area contributed by atoms with E-state index in [9.17, 15) is 19.5 Å². The molecule has 1 aliphatic heterocycles. The number of carbonyl (C=O) groups is 3. The van der Waals surface area contributed by atoms with Crippen LogP contribution in [0.2, 0.25) is 0 Å². The lowest BCUT2D eigenvalue weighted by atomic mass is 9.92. The average Bonchev–Trinajstić information content (AvgIpc) is 3.14. The van der Waals surface area contributed by atoms with Crippen molar-refractivity contribution in [2.45, 2.75) is 52.3 Å². The lowest BCUT2D eigenvalue weighted by Crippen LogP contribution is -2.33. The maximum Gasteiger partial charge on any atom is 0.344 e. The van der Waals surface area contributed by atoms with Gasteiger partial charge in [-0.25, -0.2) is 4.79 Å². The Morgan fingerprint density at radius 2 is 1.87 bits per heavy atom. The zero-order valence-corrected chi connectivity index (χ0v) is 23.0. The molecular weight excluding hydrogens is 512 g/mol. The van der Waals surface area contributed by atoms with Crippen molar-refractivity contribution < 1.29 is 29.0 Å². The smallest absolute Gasteiger partial charge is 0.344 e. The molecule has 38 heavy (non-hydrogen) atoms. The SMILES string of the molecule is CCOc1cc2c(cc1C(=O)NC)C(=N)N(CC(=O)c1ccc(OC(CC)C(=O)O)c(C(C)(C)N)c1)C2.Cl. The predicted molar refractivity (Wildman–Crippen MR) is 146 cm³/mol. The number of carboxylic acids is 1. The number of carbonyl (C=O) groups excluding carboxylic acids is 2. The number of amides is 1. The minimum atomic E-state index is -1.08. The van der Waals surface area contributed by atoms with Crippen molar-refractivity contribution >= 4 is 35.9 Å². The molecule has 1 heterocycles. The van der Waals surface area contributed by atoms with Gasteiger partial charge in [0.1, 0.15) is 17.3 Å². The second-order valence-corrected chi connectivity index (χ2v) is 9.43. The number of ether oxygens (including phenoxy) is 2. The van der Waals surface area contributed by atoms with E-state index < -0.39 is 17.6 Å². The summed E-state index contributed by atoms with van der Waals surface area (Å²) in [6, 6.07) is 8.13. The minimum Gasteiger partial charge on any atom is -0.493 e. The summed E-state index contributed by atoms with van der Waals surface area (Å²) in [6.07, 6.45) is -0.766. The second kappa shape index (κ2) is 12.3. The van der Waals surface area contributed by atoms with E-state index in [-0.39, 0.29) is 42.9 Å². The largest absolute Gasteiger partial charge is 0.493 e. The Morgan fingerprint density at radius 3 is 2.42 bits per heavy atom. The summed E-state index contributed by atoms with van der Waals surface area (Å²) in [5, 5.41) is 20.6. The molecule has 0 aromatic heterocycles. The van der Waals surface area contributed by atoms with Crippen LogP contribution in [0.3, 0.4) is 0 Å². The van der Waals surface area contributed by atoms with Crippen LogP contribution in [-0.4, -0.2) is 59.8 Å². The molecule has 0 saturated heterocycles. The summed E-state index contributed by atoms with van der Waals surface area (Å²) >= 11 is 0. The number of Topliss-reactive ketones (excluding diaryl/α,β-unsaturated/α-hetero) is 1. The lowest BCUT2D eigenvalue weighted by molar-refractivity contribution is -0.145. The van der Waals surface area contributed by atoms with Gasteiger partial charge in [-0.05, 0) is 63.1 Å². The van der Waals surface area contributed by atoms with E-state index in [0.29, 0.717) is 46.9 Å². The van der Waals surface area contributed by atoms with Gasteiger partial charge >= 0.3 is 5.97 Å². The van der Waals surface area contributed by atoms with E-state index in [4.69, 9.17) is 20.6 Å². The molecule has 0 bridgehead atoms. The van der Waals surface area contributed by atoms with Crippen LogP contribution in [0.5, 0.6) is 11.5 Å². The molecule has 0 saturated carbocycles. The van der Waals surface area contributed by atoms with Gasteiger partial charge in [-0.1, -0.05) is 6.92 Å². The first kappa shape index (κ1) is 30.6. The number of halogens is 1. The van der Waals surface area contributed by atoms with E-state index in [2.05, 4.69) is 5.32 Å². The average molecular weight is 547 g/mol. The fraction of sp³-hybridized carbons (Fsp3) is 0.407. The quantitative estimate of drug-likeness (QED) is 0.313. The molecule has 2 aromatic rings. The highest BCUT2D eigenvalue weighted by molar-refractivity contribution is 6.07. The molecule has 206 valence electrons. The van der Waals surface area contributed by atoms with Crippen LogP contribution in [0, 0.1) is 5.41 Å². The van der Waals surface area contributed by atoms with Gasteiger partial charge in [-0.3, -0.25) is 15.0 Å². The number of benzene rings is 2. The number of hydrogen-bond donors (Lipinski definition) is 4. The van der Waals surface area contributed by atoms with Crippen molar-refractivity contribution in [3.05, 3.63) is 58.1 Å². The van der Waals surface area contributed by atoms with Crippen LogP contribution < -0.4 is 20.5 Å². The van der Waals surface area contributed by atoms with E-state index in [1.807, 2.05) is 6.92 Å². The molecule has 3 rings (SSSR count). The first-order valence-corrected chi connectivity index (χ1v) is 12.1. The second-order valence-electron chi connectivity index (χ2n) is 9.43. The van der Waals surface area contributed by atoms with Crippen LogP contribution in [0.1, 0.15) is 71.5 Å². The van der Waals surface area contributed by atoms with E-state index in [1.54, 1.807) is 56.0 Å². The summed E-state index contributed by atoms with van der Waals surface area (Å²) < 4.78 is 11.3. The number of aliphatic carboxylic acids is 1. The van der Waals surface area contributed by atoms with Crippen molar-refractivity contribution in [1.29, 1.82) is 5.41 Å². The third-order valence-corrected chi connectivity index (χ3v) is 6.16. The summed E-state index contributed by atoms with van der Waals surface area (Å²) in [5.41, 5.74) is 8.00. The number of nitrogens with two attached hydrogens (primary N) is 1. The molecule has 0 spiro atoms. The van der Waals surface area contributed by atoms with Gasteiger partial charge in [-0.15, -0.1) is 12.4 Å². The van der Waals surface area contributed by atoms with Gasteiger partial charge in [0.25, 0.3) is 5.91 Å². The molecule has 11 heteroatoms. The van der Waals surface area contributed by atoms with Gasteiger partial charge in [-0.2, -0.15) is 0 Å². The number of hydrogen-bond acceptors (Lipinski definition) is 7. The van der Waals surface area contributed by atoms with Crippen molar-refractivity contribution in [2.24, 2.45) is 5.73 Å². The number of amidine groups is 1. The number of rotatable bonds is 11. The molecule has 1 unspecified atom stereocenters. The first-order valence-electron chi connectivity index (χ1n) is 12.1. The van der Waals surface area contributed by atoms with Crippen molar-refractivity contribution in [3.8, 4) is 11.5 Å². The van der Waals surface area contributed by atoms with Gasteiger partial charge in [0.05, 0.1) is 18.7 Å². The van der Waals surface area contributed by atoms with E-state index >= 15 is 0 Å². The topological polar surface area (TPSA) is 155 Å². The third-order valence-electron chi connectivity index (χ3n) is 6.16. The summed E-state index contributed by atoms with van der Waals surface area (Å²) in [6.45, 7) is 7.67. The fourth-order valence-corrected chi connectivity index (χ4v) is 4.19. The molecular formula is C27H35ClN4O6. The number of ketones is 1. The van der Waals surface area contributed by atoms with Gasteiger partial charge in [0.15, 0.2) is 11.9 Å². The lowest BCUT2D eigenvalue weighted by Gasteiger charge is -2.25. The zero-order chi connectivity index (χ0) is 27.5. The number of carboxylic acid groups (broad SMARTS) is 1. The third kappa shape index (κ3) is 6.43. The summed E-state index contributed by atoms with van der Waals surface area (Å²) in [5.74, 6) is -0.758. The number of nitrogens with one attached hydrogen (secondary N) is 2. The highest BCUT2D eigenvalue weighted by Crippen LogP contribution is 2.33. The highest BCUT2D eigenvalue weighted by Gasteiger charge is 2.30. The Balaban J connectivity index is 0.00000507. The molecule has 1 aliphatic rings. The predicted octanol–water partition coefficient (Wildman–Crippen LogP) is 3.33. The molecule has 1 atom stereocenters. The Bertz CT molecular complexity index is 1240. The Kier molecular flexibility index (Phi) is 9.88. The summed E-state index contributed by atoms with van der Waals surface area (Å²) in [7, 11) is 1.53.